The molecule has 0 nitrogen and oxygen atoms in total. The van der Waals surface area contributed by atoms with E-state index in [0.717, 1.165) is 40.5 Å². The van der Waals surface area contributed by atoms with Crippen molar-refractivity contribution in [2.45, 2.75) is 19.8 Å². The quantitative estimate of drug-likeness (QED) is 0.245. The largest absolute Gasteiger partial charge is 0.205 e. The molecule has 0 aromatic heterocycles. The van der Waals surface area contributed by atoms with E-state index >= 15 is 0 Å². The standard InChI is InChI=1S/C31H23F/c1-3-4-5-24-7-9-25(10-8-24)11-12-26-13-15-27(16-14-26)17-18-28-19-20-29-22-23(2)6-21-30(29)31(28)32/h3,6-10,13-16,19-22H,1,4-5H2,2H3. The molecule has 0 aliphatic carbocycles. The molecule has 4 aromatic carbocycles. The third-order valence-electron chi connectivity index (χ3n) is 5.28. The van der Waals surface area contributed by atoms with Gasteiger partial charge in [-0.1, -0.05) is 71.7 Å². The summed E-state index contributed by atoms with van der Waals surface area (Å²) in [5.41, 5.74) is 5.53. The number of benzene rings is 4. The van der Waals surface area contributed by atoms with Gasteiger partial charge in [-0.05, 0) is 73.2 Å². The summed E-state index contributed by atoms with van der Waals surface area (Å²) < 4.78 is 14.8. The van der Waals surface area contributed by atoms with Gasteiger partial charge in [0.2, 0.25) is 0 Å². The number of hydrogen-bond donors (Lipinski definition) is 0. The van der Waals surface area contributed by atoms with Crippen molar-refractivity contribution in [2.75, 3.05) is 0 Å². The van der Waals surface area contributed by atoms with Gasteiger partial charge in [-0.3, -0.25) is 0 Å². The highest BCUT2D eigenvalue weighted by atomic mass is 19.1. The number of hydrogen-bond acceptors (Lipinski definition) is 0. The molecule has 0 spiro atoms. The highest BCUT2D eigenvalue weighted by molar-refractivity contribution is 5.85. The molecule has 4 rings (SSSR count). The van der Waals surface area contributed by atoms with Crippen molar-refractivity contribution < 1.29 is 4.39 Å². The Balaban J connectivity index is 1.48. The Morgan fingerprint density at radius 2 is 1.34 bits per heavy atom. The minimum atomic E-state index is -0.270. The predicted molar refractivity (Wildman–Crippen MR) is 132 cm³/mol. The number of allylic oxidation sites excluding steroid dienone is 1. The maximum Gasteiger partial charge on any atom is 0.146 e. The van der Waals surface area contributed by atoms with Gasteiger partial charge in [-0.25, -0.2) is 4.39 Å². The van der Waals surface area contributed by atoms with Crippen LogP contribution in [0.25, 0.3) is 10.8 Å². The topological polar surface area (TPSA) is 0 Å². The predicted octanol–water partition coefficient (Wildman–Crippen LogP) is 7.21. The van der Waals surface area contributed by atoms with E-state index < -0.39 is 0 Å². The van der Waals surface area contributed by atoms with E-state index in [4.69, 9.17) is 0 Å². The Labute approximate surface area is 189 Å². The minimum Gasteiger partial charge on any atom is -0.205 e. The summed E-state index contributed by atoms with van der Waals surface area (Å²) in [6, 6.07) is 25.4. The lowest BCUT2D eigenvalue weighted by atomic mass is 10.0. The Kier molecular flexibility index (Phi) is 6.50. The SMILES string of the molecule is C=CCCc1ccc(C#Cc2ccc(C#Cc3ccc4cc(C)ccc4c3F)cc2)cc1. The van der Waals surface area contributed by atoms with Crippen molar-refractivity contribution in [3.05, 3.63) is 131 Å². The van der Waals surface area contributed by atoms with Gasteiger partial charge in [0.05, 0.1) is 5.56 Å². The minimum absolute atomic E-state index is 0.270. The zero-order valence-electron chi connectivity index (χ0n) is 18.1. The van der Waals surface area contributed by atoms with E-state index in [1.807, 2.05) is 73.7 Å². The summed E-state index contributed by atoms with van der Waals surface area (Å²) >= 11 is 0. The first kappa shape index (κ1) is 21.2. The molecule has 1 heteroatoms. The molecule has 4 aromatic rings. The smallest absolute Gasteiger partial charge is 0.146 e. The third kappa shape index (κ3) is 5.15. The summed E-state index contributed by atoms with van der Waals surface area (Å²) in [5, 5.41) is 1.49. The average molecular weight is 415 g/mol. The first-order valence-corrected chi connectivity index (χ1v) is 10.7. The Hall–Kier alpha value is -4.07. The second-order valence-corrected chi connectivity index (χ2v) is 7.75. The summed E-state index contributed by atoms with van der Waals surface area (Å²) in [6.45, 7) is 5.76. The van der Waals surface area contributed by atoms with Crippen molar-refractivity contribution in [3.8, 4) is 23.7 Å². The first-order chi connectivity index (χ1) is 15.6. The molecule has 0 unspecified atom stereocenters. The van der Waals surface area contributed by atoms with Crippen LogP contribution in [-0.2, 0) is 6.42 Å². The van der Waals surface area contributed by atoms with Crippen LogP contribution in [0, 0.1) is 36.4 Å². The Bertz CT molecular complexity index is 1380. The molecule has 154 valence electrons. The van der Waals surface area contributed by atoms with Crippen molar-refractivity contribution >= 4 is 10.8 Å². The van der Waals surface area contributed by atoms with Crippen molar-refractivity contribution in [1.29, 1.82) is 0 Å². The van der Waals surface area contributed by atoms with Crippen LogP contribution in [-0.4, -0.2) is 0 Å². The van der Waals surface area contributed by atoms with Crippen molar-refractivity contribution in [1.82, 2.24) is 0 Å². The molecule has 0 fully saturated rings. The molecule has 0 saturated heterocycles. The zero-order valence-corrected chi connectivity index (χ0v) is 18.1. The third-order valence-corrected chi connectivity index (χ3v) is 5.28. The highest BCUT2D eigenvalue weighted by Crippen LogP contribution is 2.22. The number of fused-ring (bicyclic) bond motifs is 1. The first-order valence-electron chi connectivity index (χ1n) is 10.7. The second-order valence-electron chi connectivity index (χ2n) is 7.75. The van der Waals surface area contributed by atoms with Crippen LogP contribution in [0.2, 0.25) is 0 Å². The van der Waals surface area contributed by atoms with Gasteiger partial charge in [-0.15, -0.1) is 6.58 Å². The van der Waals surface area contributed by atoms with E-state index in [9.17, 15) is 4.39 Å². The van der Waals surface area contributed by atoms with Gasteiger partial charge in [0.1, 0.15) is 5.82 Å². The van der Waals surface area contributed by atoms with E-state index in [-0.39, 0.29) is 5.82 Å². The van der Waals surface area contributed by atoms with Crippen LogP contribution in [0.4, 0.5) is 4.39 Å². The van der Waals surface area contributed by atoms with E-state index in [2.05, 4.69) is 42.4 Å². The molecule has 0 amide bonds. The molecule has 0 radical (unpaired) electrons. The molecule has 0 aliphatic rings. The van der Waals surface area contributed by atoms with Gasteiger partial charge < -0.3 is 0 Å². The summed E-state index contributed by atoms with van der Waals surface area (Å²) in [4.78, 5) is 0. The molecular formula is C31H23F. The lowest BCUT2D eigenvalue weighted by molar-refractivity contribution is 0.636. The number of aryl methyl sites for hydroxylation is 2. The maximum atomic E-state index is 14.8. The fourth-order valence-electron chi connectivity index (χ4n) is 3.45. The van der Waals surface area contributed by atoms with Gasteiger partial charge in [-0.2, -0.15) is 0 Å². The maximum absolute atomic E-state index is 14.8. The lowest BCUT2D eigenvalue weighted by Gasteiger charge is -2.03. The number of halogens is 1. The van der Waals surface area contributed by atoms with Gasteiger partial charge in [0.25, 0.3) is 0 Å². The Morgan fingerprint density at radius 1 is 0.750 bits per heavy atom. The fourth-order valence-corrected chi connectivity index (χ4v) is 3.45. The molecule has 0 aliphatic heterocycles. The van der Waals surface area contributed by atoms with Crippen LogP contribution < -0.4 is 0 Å². The highest BCUT2D eigenvalue weighted by Gasteiger charge is 2.05. The van der Waals surface area contributed by atoms with Crippen LogP contribution in [0.1, 0.15) is 39.8 Å². The monoisotopic (exact) mass is 414 g/mol. The molecule has 0 atom stereocenters. The molecule has 0 heterocycles. The lowest BCUT2D eigenvalue weighted by Crippen LogP contribution is -1.87. The molecule has 0 N–H and O–H groups in total. The zero-order chi connectivity index (χ0) is 22.3. The summed E-state index contributed by atoms with van der Waals surface area (Å²) in [6.07, 6.45) is 3.91. The molecule has 0 saturated carbocycles. The number of rotatable bonds is 3. The summed E-state index contributed by atoms with van der Waals surface area (Å²) in [5.74, 6) is 12.1. The van der Waals surface area contributed by atoms with Gasteiger partial charge in [0.15, 0.2) is 0 Å². The van der Waals surface area contributed by atoms with E-state index in [1.54, 1.807) is 6.07 Å². The summed E-state index contributed by atoms with van der Waals surface area (Å²) in [7, 11) is 0. The Morgan fingerprint density at radius 3 is 1.97 bits per heavy atom. The van der Waals surface area contributed by atoms with Gasteiger partial charge in [0, 0.05) is 22.1 Å². The van der Waals surface area contributed by atoms with E-state index in [0.29, 0.717) is 10.9 Å². The van der Waals surface area contributed by atoms with Crippen LogP contribution in [0.3, 0.4) is 0 Å². The second kappa shape index (κ2) is 9.82. The van der Waals surface area contributed by atoms with E-state index in [1.165, 1.54) is 5.56 Å². The van der Waals surface area contributed by atoms with Crippen LogP contribution >= 0.6 is 0 Å². The van der Waals surface area contributed by atoms with Crippen LogP contribution in [0.15, 0.2) is 91.5 Å². The normalized spacial score (nSPS) is 10.1. The fraction of sp³-hybridized carbons (Fsp3) is 0.0968. The molecular weight excluding hydrogens is 391 g/mol. The van der Waals surface area contributed by atoms with Crippen molar-refractivity contribution in [3.63, 3.8) is 0 Å². The molecule has 0 bridgehead atoms. The van der Waals surface area contributed by atoms with Crippen molar-refractivity contribution in [2.24, 2.45) is 0 Å². The van der Waals surface area contributed by atoms with Gasteiger partial charge >= 0.3 is 0 Å². The van der Waals surface area contributed by atoms with Crippen LogP contribution in [0.5, 0.6) is 0 Å². The molecule has 32 heavy (non-hydrogen) atoms. The average Bonchev–Trinajstić information content (AvgIpc) is 2.82.